The molecule has 1 aliphatic heterocycles. The van der Waals surface area contributed by atoms with Crippen molar-refractivity contribution in [3.05, 3.63) is 75.0 Å². The van der Waals surface area contributed by atoms with Gasteiger partial charge in [-0.15, -0.1) is 0 Å². The maximum Gasteiger partial charge on any atom is 0.338 e. The van der Waals surface area contributed by atoms with Crippen molar-refractivity contribution in [2.24, 2.45) is 0 Å². The van der Waals surface area contributed by atoms with Crippen LogP contribution < -0.4 is 10.1 Å². The van der Waals surface area contributed by atoms with Crippen LogP contribution in [0.2, 0.25) is 0 Å². The summed E-state index contributed by atoms with van der Waals surface area (Å²) in [7, 11) is 1.64. The molecule has 0 saturated heterocycles. The predicted molar refractivity (Wildman–Crippen MR) is 125 cm³/mol. The number of likely N-dealkylation sites (N-methyl/N-ethyl adjacent to an activating group) is 1. The Kier molecular flexibility index (Phi) is 6.92. The van der Waals surface area contributed by atoms with Gasteiger partial charge in [0.05, 0.1) is 23.9 Å². The van der Waals surface area contributed by atoms with Crippen LogP contribution >= 0.6 is 0 Å². The smallest absolute Gasteiger partial charge is 0.338 e. The Hall–Kier alpha value is -3.28. The van der Waals surface area contributed by atoms with Crippen LogP contribution in [0.15, 0.2) is 41.6 Å². The average molecular weight is 437 g/mol. The minimum absolute atomic E-state index is 0.0726. The molecule has 2 amide bonds. The number of carbonyl (C=O) groups excluding carboxylic acids is 2. The number of nitrogens with zero attached hydrogens (tertiary/aromatic N) is 1. The van der Waals surface area contributed by atoms with Crippen molar-refractivity contribution in [1.29, 1.82) is 0 Å². The highest BCUT2D eigenvalue weighted by Gasteiger charge is 2.37. The van der Waals surface area contributed by atoms with E-state index in [-0.39, 0.29) is 19.2 Å². The molecule has 2 aromatic rings. The molecular weight excluding hydrogens is 404 g/mol. The number of hydrogen-bond donors (Lipinski definition) is 1. The van der Waals surface area contributed by atoms with Crippen molar-refractivity contribution in [1.82, 2.24) is 10.2 Å². The van der Waals surface area contributed by atoms with Gasteiger partial charge in [0.15, 0.2) is 0 Å². The van der Waals surface area contributed by atoms with Gasteiger partial charge in [0.2, 0.25) is 0 Å². The first-order valence-electron chi connectivity index (χ1n) is 10.9. The highest BCUT2D eigenvalue weighted by Crippen LogP contribution is 2.34. The van der Waals surface area contributed by atoms with Gasteiger partial charge in [-0.05, 0) is 75.4 Å². The van der Waals surface area contributed by atoms with E-state index < -0.39 is 12.0 Å². The number of rotatable bonds is 6. The lowest BCUT2D eigenvalue weighted by molar-refractivity contribution is -0.139. The molecule has 0 fully saturated rings. The zero-order valence-electron chi connectivity index (χ0n) is 20.0. The second kappa shape index (κ2) is 9.47. The molecule has 0 aromatic heterocycles. The average Bonchev–Trinajstić information content (AvgIpc) is 2.73. The van der Waals surface area contributed by atoms with E-state index in [2.05, 4.69) is 11.4 Å². The third-order valence-electron chi connectivity index (χ3n) is 5.95. The number of benzene rings is 2. The van der Waals surface area contributed by atoms with Crippen LogP contribution in [0, 0.1) is 34.6 Å². The molecule has 32 heavy (non-hydrogen) atoms. The van der Waals surface area contributed by atoms with E-state index in [1.165, 1.54) is 4.90 Å². The van der Waals surface area contributed by atoms with Gasteiger partial charge in [0.1, 0.15) is 12.4 Å². The topological polar surface area (TPSA) is 67.9 Å². The lowest BCUT2D eigenvalue weighted by Gasteiger charge is -2.35. The van der Waals surface area contributed by atoms with Gasteiger partial charge >= 0.3 is 12.0 Å². The molecule has 3 rings (SSSR count). The summed E-state index contributed by atoms with van der Waals surface area (Å²) < 4.78 is 11.6. The number of urea groups is 1. The van der Waals surface area contributed by atoms with Crippen molar-refractivity contribution >= 4 is 12.0 Å². The molecule has 0 unspecified atom stereocenters. The van der Waals surface area contributed by atoms with E-state index in [9.17, 15) is 9.59 Å². The Morgan fingerprint density at radius 1 is 1.03 bits per heavy atom. The zero-order valence-corrected chi connectivity index (χ0v) is 20.0. The maximum absolute atomic E-state index is 13.1. The molecule has 0 saturated carbocycles. The minimum Gasteiger partial charge on any atom is -0.487 e. The van der Waals surface area contributed by atoms with Gasteiger partial charge in [-0.1, -0.05) is 29.8 Å². The number of aryl methyl sites for hydroxylation is 4. The first-order valence-corrected chi connectivity index (χ1v) is 10.9. The van der Waals surface area contributed by atoms with Gasteiger partial charge in [-0.3, -0.25) is 4.90 Å². The number of hydrogen-bond acceptors (Lipinski definition) is 4. The standard InChI is InChI=1S/C26H32N2O4/c1-8-31-25(29)23-21(14-32-22-13-16(3)11-18(5)19(22)6)28(7)26(30)27-24(23)20-12-15(2)9-10-17(20)4/h9-13,24H,8,14H2,1-7H3,(H,27,30)/t24-/m1/s1. The van der Waals surface area contributed by atoms with Crippen molar-refractivity contribution in [2.45, 2.75) is 47.6 Å². The Morgan fingerprint density at radius 3 is 2.44 bits per heavy atom. The normalized spacial score (nSPS) is 16.2. The lowest BCUT2D eigenvalue weighted by Crippen LogP contribution is -2.48. The number of ether oxygens (including phenoxy) is 2. The Bertz CT molecular complexity index is 1090. The second-order valence-electron chi connectivity index (χ2n) is 8.38. The van der Waals surface area contributed by atoms with Crippen LogP contribution in [0.4, 0.5) is 4.79 Å². The van der Waals surface area contributed by atoms with E-state index in [1.54, 1.807) is 14.0 Å². The van der Waals surface area contributed by atoms with Crippen molar-refractivity contribution in [3.8, 4) is 5.75 Å². The molecule has 170 valence electrons. The molecule has 0 bridgehead atoms. The molecule has 6 nitrogen and oxygen atoms in total. The van der Waals surface area contributed by atoms with Gasteiger partial charge in [0, 0.05) is 7.05 Å². The van der Waals surface area contributed by atoms with Crippen molar-refractivity contribution in [2.75, 3.05) is 20.3 Å². The summed E-state index contributed by atoms with van der Waals surface area (Å²) >= 11 is 0. The molecule has 1 N–H and O–H groups in total. The van der Waals surface area contributed by atoms with E-state index in [0.29, 0.717) is 11.3 Å². The Morgan fingerprint density at radius 2 is 1.75 bits per heavy atom. The van der Waals surface area contributed by atoms with Gasteiger partial charge in [0.25, 0.3) is 0 Å². The van der Waals surface area contributed by atoms with E-state index in [4.69, 9.17) is 9.47 Å². The van der Waals surface area contributed by atoms with Crippen molar-refractivity contribution in [3.63, 3.8) is 0 Å². The van der Waals surface area contributed by atoms with Crippen LogP contribution in [-0.2, 0) is 9.53 Å². The molecule has 6 heteroatoms. The summed E-state index contributed by atoms with van der Waals surface area (Å²) in [6.45, 7) is 12.1. The number of amides is 2. The third kappa shape index (κ3) is 4.64. The van der Waals surface area contributed by atoms with Crippen LogP contribution in [0.25, 0.3) is 0 Å². The molecule has 2 aromatic carbocycles. The van der Waals surface area contributed by atoms with Gasteiger partial charge < -0.3 is 14.8 Å². The van der Waals surface area contributed by atoms with Crippen LogP contribution in [-0.4, -0.2) is 37.2 Å². The Labute approximate surface area is 190 Å². The van der Waals surface area contributed by atoms with Crippen LogP contribution in [0.3, 0.4) is 0 Å². The highest BCUT2D eigenvalue weighted by atomic mass is 16.5. The predicted octanol–water partition coefficient (Wildman–Crippen LogP) is 4.82. The SMILES string of the molecule is CCOC(=O)C1=C(COc2cc(C)cc(C)c2C)N(C)C(=O)N[C@@H]1c1cc(C)ccc1C. The first kappa shape index (κ1) is 23.4. The van der Waals surface area contributed by atoms with Crippen LogP contribution in [0.5, 0.6) is 5.75 Å². The fourth-order valence-corrected chi connectivity index (χ4v) is 3.98. The van der Waals surface area contributed by atoms with E-state index in [0.717, 1.165) is 39.1 Å². The van der Waals surface area contributed by atoms with Crippen molar-refractivity contribution < 1.29 is 19.1 Å². The van der Waals surface area contributed by atoms with Gasteiger partial charge in [-0.2, -0.15) is 0 Å². The molecular formula is C26H32N2O4. The summed E-state index contributed by atoms with van der Waals surface area (Å²) in [6, 6.07) is 9.16. The Balaban J connectivity index is 2.11. The van der Waals surface area contributed by atoms with E-state index >= 15 is 0 Å². The number of esters is 1. The van der Waals surface area contributed by atoms with Crippen LogP contribution in [0.1, 0.15) is 46.3 Å². The molecule has 1 heterocycles. The second-order valence-corrected chi connectivity index (χ2v) is 8.38. The zero-order chi connectivity index (χ0) is 23.6. The fraction of sp³-hybridized carbons (Fsp3) is 0.385. The lowest BCUT2D eigenvalue weighted by atomic mass is 9.90. The molecule has 1 atom stereocenters. The fourth-order valence-electron chi connectivity index (χ4n) is 3.98. The molecule has 0 radical (unpaired) electrons. The van der Waals surface area contributed by atoms with Gasteiger partial charge in [-0.25, -0.2) is 9.59 Å². The summed E-state index contributed by atoms with van der Waals surface area (Å²) in [5.74, 6) is 0.280. The maximum atomic E-state index is 13.1. The summed E-state index contributed by atoms with van der Waals surface area (Å²) in [6.07, 6.45) is 0. The molecule has 0 aliphatic carbocycles. The van der Waals surface area contributed by atoms with E-state index in [1.807, 2.05) is 58.9 Å². The third-order valence-corrected chi connectivity index (χ3v) is 5.95. The quantitative estimate of drug-likeness (QED) is 0.659. The monoisotopic (exact) mass is 436 g/mol. The highest BCUT2D eigenvalue weighted by molar-refractivity contribution is 5.95. The number of nitrogens with one attached hydrogen (secondary N) is 1. The molecule has 1 aliphatic rings. The summed E-state index contributed by atoms with van der Waals surface area (Å²) in [5.41, 5.74) is 7.04. The summed E-state index contributed by atoms with van der Waals surface area (Å²) in [4.78, 5) is 27.4. The summed E-state index contributed by atoms with van der Waals surface area (Å²) in [5, 5.41) is 2.97. The first-order chi connectivity index (χ1) is 15.1. The molecule has 0 spiro atoms. The minimum atomic E-state index is -0.614. The number of carbonyl (C=O) groups is 2. The largest absolute Gasteiger partial charge is 0.487 e.